The van der Waals surface area contributed by atoms with E-state index in [1.807, 2.05) is 0 Å². The normalized spacial score (nSPS) is 17.7. The third-order valence-electron chi connectivity index (χ3n) is 4.12. The van der Waals surface area contributed by atoms with Crippen LogP contribution in [-0.2, 0) is 4.79 Å². The Morgan fingerprint density at radius 3 is 2.12 bits per heavy atom. The number of halogens is 1. The Balaban J connectivity index is 0.00000288. The van der Waals surface area contributed by atoms with E-state index >= 15 is 0 Å². The number of hydrogen-bond donors (Lipinski definition) is 3. The number of aliphatic hydroxyl groups excluding tert-OH is 1. The summed E-state index contributed by atoms with van der Waals surface area (Å²) in [6.45, 7) is 2.95. The van der Waals surface area contributed by atoms with Gasteiger partial charge < -0.3 is 16.6 Å². The topological polar surface area (TPSA) is 123 Å². The van der Waals surface area contributed by atoms with Gasteiger partial charge in [0.2, 0.25) is 0 Å². The fraction of sp³-hybridized carbons (Fsp3) is 0.353. The van der Waals surface area contributed by atoms with Gasteiger partial charge in [0.05, 0.1) is 18.2 Å². The third kappa shape index (κ3) is 3.62. The average molecular weight is 353 g/mol. The standard InChI is InChI=1S/C17H20N2O4.ClH/c1-8-12(7-13(18)17(23)14(19)9(2)20)16(22)11-6-4-3-5-10(11)15(8)21;/h3-6,9,13-14,20H,7,18-19H2,1-2H3;1H/t9-,13?,14+;/m1./s1. The number of benzene rings is 1. The van der Waals surface area contributed by atoms with Gasteiger partial charge in [-0.1, -0.05) is 24.3 Å². The van der Waals surface area contributed by atoms with Gasteiger partial charge in [0, 0.05) is 22.3 Å². The van der Waals surface area contributed by atoms with Crippen LogP contribution in [0.4, 0.5) is 0 Å². The molecule has 7 heteroatoms. The van der Waals surface area contributed by atoms with Crippen LogP contribution in [0.2, 0.25) is 0 Å². The quantitative estimate of drug-likeness (QED) is 0.720. The first-order valence-electron chi connectivity index (χ1n) is 7.36. The molecule has 1 aliphatic carbocycles. The number of carbonyl (C=O) groups is 3. The maximum atomic E-state index is 12.6. The van der Waals surface area contributed by atoms with Gasteiger partial charge in [0.15, 0.2) is 17.3 Å². The highest BCUT2D eigenvalue weighted by molar-refractivity contribution is 6.26. The Labute approximate surface area is 146 Å². The summed E-state index contributed by atoms with van der Waals surface area (Å²) in [6, 6.07) is 4.39. The number of hydrogen-bond acceptors (Lipinski definition) is 6. The van der Waals surface area contributed by atoms with E-state index in [-0.39, 0.29) is 36.0 Å². The fourth-order valence-electron chi connectivity index (χ4n) is 2.60. The highest BCUT2D eigenvalue weighted by atomic mass is 35.5. The third-order valence-corrected chi connectivity index (χ3v) is 4.12. The Morgan fingerprint density at radius 2 is 1.62 bits per heavy atom. The number of rotatable bonds is 5. The van der Waals surface area contributed by atoms with Crippen LogP contribution < -0.4 is 11.5 Å². The van der Waals surface area contributed by atoms with E-state index in [0.29, 0.717) is 16.7 Å². The van der Waals surface area contributed by atoms with E-state index in [9.17, 15) is 19.5 Å². The molecule has 24 heavy (non-hydrogen) atoms. The zero-order valence-corrected chi connectivity index (χ0v) is 14.3. The van der Waals surface area contributed by atoms with Crippen LogP contribution in [0.25, 0.3) is 0 Å². The zero-order valence-electron chi connectivity index (χ0n) is 13.5. The Hall–Kier alpha value is -1.86. The first-order valence-corrected chi connectivity index (χ1v) is 7.36. The fourth-order valence-corrected chi connectivity index (χ4v) is 2.60. The summed E-state index contributed by atoms with van der Waals surface area (Å²) in [5.41, 5.74) is 12.6. The SMILES string of the molecule is CC1=C(CC(N)C(=O)[C@@H](N)[C@@H](C)O)C(=O)c2ccccc2C1=O.Cl. The number of nitrogens with two attached hydrogens (primary N) is 2. The van der Waals surface area contributed by atoms with Crippen molar-refractivity contribution < 1.29 is 19.5 Å². The molecule has 0 heterocycles. The molecule has 0 amide bonds. The summed E-state index contributed by atoms with van der Waals surface area (Å²) in [4.78, 5) is 37.0. The van der Waals surface area contributed by atoms with E-state index < -0.39 is 24.0 Å². The minimum Gasteiger partial charge on any atom is -0.391 e. The van der Waals surface area contributed by atoms with Crippen molar-refractivity contribution in [1.82, 2.24) is 0 Å². The van der Waals surface area contributed by atoms with Gasteiger partial charge in [-0.2, -0.15) is 0 Å². The first kappa shape index (κ1) is 20.2. The molecule has 0 saturated heterocycles. The van der Waals surface area contributed by atoms with Gasteiger partial charge in [-0.05, 0) is 20.3 Å². The highest BCUT2D eigenvalue weighted by Crippen LogP contribution is 2.28. The molecular weight excluding hydrogens is 332 g/mol. The molecule has 6 nitrogen and oxygen atoms in total. The van der Waals surface area contributed by atoms with Crippen LogP contribution in [0.3, 0.4) is 0 Å². The van der Waals surface area contributed by atoms with E-state index in [2.05, 4.69) is 0 Å². The maximum Gasteiger partial charge on any atom is 0.190 e. The molecule has 130 valence electrons. The van der Waals surface area contributed by atoms with Crippen molar-refractivity contribution in [2.45, 2.75) is 38.5 Å². The Morgan fingerprint density at radius 1 is 1.12 bits per heavy atom. The molecule has 0 bridgehead atoms. The number of ketones is 3. The molecule has 0 radical (unpaired) electrons. The molecule has 1 aromatic carbocycles. The second-order valence-corrected chi connectivity index (χ2v) is 5.79. The Kier molecular flexibility index (Phi) is 6.57. The summed E-state index contributed by atoms with van der Waals surface area (Å²) in [5, 5.41) is 9.39. The summed E-state index contributed by atoms with van der Waals surface area (Å²) in [5.74, 6) is -1.08. The van der Waals surface area contributed by atoms with Crippen molar-refractivity contribution in [3.63, 3.8) is 0 Å². The summed E-state index contributed by atoms with van der Waals surface area (Å²) >= 11 is 0. The molecule has 0 aromatic heterocycles. The van der Waals surface area contributed by atoms with Crippen molar-refractivity contribution in [3.05, 3.63) is 46.5 Å². The lowest BCUT2D eigenvalue weighted by molar-refractivity contribution is -0.123. The van der Waals surface area contributed by atoms with Crippen LogP contribution >= 0.6 is 12.4 Å². The van der Waals surface area contributed by atoms with Gasteiger partial charge >= 0.3 is 0 Å². The van der Waals surface area contributed by atoms with Crippen LogP contribution in [0.15, 0.2) is 35.4 Å². The molecule has 0 aliphatic heterocycles. The van der Waals surface area contributed by atoms with E-state index in [4.69, 9.17) is 11.5 Å². The van der Waals surface area contributed by atoms with Crippen LogP contribution in [-0.4, -0.2) is 40.6 Å². The van der Waals surface area contributed by atoms with Crippen molar-refractivity contribution >= 4 is 29.8 Å². The van der Waals surface area contributed by atoms with Gasteiger partial charge in [0.25, 0.3) is 0 Å². The monoisotopic (exact) mass is 352 g/mol. The first-order chi connectivity index (χ1) is 10.8. The number of allylic oxidation sites excluding steroid dienone is 1. The minimum absolute atomic E-state index is 0. The molecule has 5 N–H and O–H groups in total. The van der Waals surface area contributed by atoms with Crippen molar-refractivity contribution in [1.29, 1.82) is 0 Å². The lowest BCUT2D eigenvalue weighted by Gasteiger charge is -2.23. The number of aliphatic hydroxyl groups is 1. The van der Waals surface area contributed by atoms with Crippen LogP contribution in [0.1, 0.15) is 41.0 Å². The van der Waals surface area contributed by atoms with E-state index in [0.717, 1.165) is 0 Å². The number of Topliss-reactive ketones (excluding diaryl/α,β-unsaturated/α-hetero) is 3. The lowest BCUT2D eigenvalue weighted by atomic mass is 9.81. The number of fused-ring (bicyclic) bond motifs is 1. The maximum absolute atomic E-state index is 12.6. The Bertz CT molecular complexity index is 712. The summed E-state index contributed by atoms with van der Waals surface area (Å²) in [6.07, 6.45) is -1.11. The van der Waals surface area contributed by atoms with Gasteiger partial charge in [0.1, 0.15) is 0 Å². The predicted molar refractivity (Wildman–Crippen MR) is 92.3 cm³/mol. The molecule has 2 rings (SSSR count). The smallest absolute Gasteiger partial charge is 0.190 e. The number of carbonyl (C=O) groups excluding carboxylic acids is 3. The molecule has 1 aromatic rings. The molecule has 0 spiro atoms. The van der Waals surface area contributed by atoms with Crippen molar-refractivity contribution in [2.24, 2.45) is 11.5 Å². The molecular formula is C17H21ClN2O4. The molecule has 0 fully saturated rings. The minimum atomic E-state index is -1.12. The average Bonchev–Trinajstić information content (AvgIpc) is 2.54. The summed E-state index contributed by atoms with van der Waals surface area (Å²) in [7, 11) is 0. The lowest BCUT2D eigenvalue weighted by Crippen LogP contribution is -2.49. The van der Waals surface area contributed by atoms with Crippen LogP contribution in [0, 0.1) is 0 Å². The second kappa shape index (κ2) is 7.81. The van der Waals surface area contributed by atoms with Crippen molar-refractivity contribution in [2.75, 3.05) is 0 Å². The summed E-state index contributed by atoms with van der Waals surface area (Å²) < 4.78 is 0. The second-order valence-electron chi connectivity index (χ2n) is 5.79. The molecule has 3 atom stereocenters. The highest BCUT2D eigenvalue weighted by Gasteiger charge is 2.33. The van der Waals surface area contributed by atoms with Crippen molar-refractivity contribution in [3.8, 4) is 0 Å². The van der Waals surface area contributed by atoms with E-state index in [1.165, 1.54) is 6.92 Å². The van der Waals surface area contributed by atoms with Gasteiger partial charge in [-0.25, -0.2) is 0 Å². The molecule has 1 unspecified atom stereocenters. The van der Waals surface area contributed by atoms with Crippen LogP contribution in [0.5, 0.6) is 0 Å². The largest absolute Gasteiger partial charge is 0.391 e. The van der Waals surface area contributed by atoms with Gasteiger partial charge in [-0.15, -0.1) is 12.4 Å². The van der Waals surface area contributed by atoms with E-state index in [1.54, 1.807) is 31.2 Å². The molecule has 1 aliphatic rings. The van der Waals surface area contributed by atoms with Gasteiger partial charge in [-0.3, -0.25) is 14.4 Å². The zero-order chi connectivity index (χ0) is 17.3. The molecule has 0 saturated carbocycles. The predicted octanol–water partition coefficient (Wildman–Crippen LogP) is 0.799.